The molecule has 1 aliphatic rings. The van der Waals surface area contributed by atoms with E-state index in [1.807, 2.05) is 28.9 Å². The molecule has 0 unspecified atom stereocenters. The Morgan fingerprint density at radius 3 is 2.96 bits per heavy atom. The minimum atomic E-state index is -0.147. The van der Waals surface area contributed by atoms with Gasteiger partial charge in [0.2, 0.25) is 11.9 Å². The molecule has 1 aliphatic carbocycles. The van der Waals surface area contributed by atoms with E-state index >= 15 is 0 Å². The maximum absolute atomic E-state index is 12.3. The van der Waals surface area contributed by atoms with E-state index in [1.165, 1.54) is 19.3 Å². The summed E-state index contributed by atoms with van der Waals surface area (Å²) in [7, 11) is 0. The van der Waals surface area contributed by atoms with E-state index in [4.69, 9.17) is 0 Å². The first-order chi connectivity index (χ1) is 11.8. The molecule has 124 valence electrons. The fourth-order valence-electron chi connectivity index (χ4n) is 3.33. The number of hydrogen-bond acceptors (Lipinski definition) is 4. The Balaban J connectivity index is 1.42. The van der Waals surface area contributed by atoms with Gasteiger partial charge in [-0.25, -0.2) is 9.67 Å². The number of para-hydroxylation sites is 1. The molecule has 2 aromatic heterocycles. The molecule has 1 saturated carbocycles. The number of nitrogens with zero attached hydrogens (tertiary/aromatic N) is 4. The van der Waals surface area contributed by atoms with Gasteiger partial charge in [-0.1, -0.05) is 37.5 Å². The van der Waals surface area contributed by atoms with Crippen molar-refractivity contribution >= 4 is 22.8 Å². The van der Waals surface area contributed by atoms with E-state index in [9.17, 15) is 4.79 Å². The molecule has 1 amide bonds. The first-order valence-corrected chi connectivity index (χ1v) is 8.42. The smallest absolute Gasteiger partial charge is 0.248 e. The molecule has 0 bridgehead atoms. The first kappa shape index (κ1) is 14.9. The second-order valence-corrected chi connectivity index (χ2v) is 6.28. The van der Waals surface area contributed by atoms with Crippen LogP contribution in [0, 0.1) is 0 Å². The summed E-state index contributed by atoms with van der Waals surface area (Å²) in [6.45, 7) is 0. The maximum Gasteiger partial charge on any atom is 0.248 e. The molecule has 1 fully saturated rings. The fourth-order valence-corrected chi connectivity index (χ4v) is 3.33. The highest BCUT2D eigenvalue weighted by Crippen LogP contribution is 2.27. The van der Waals surface area contributed by atoms with Crippen LogP contribution in [0.3, 0.4) is 0 Å². The number of fused-ring (bicyclic) bond motifs is 1. The Bertz CT molecular complexity index is 846. The van der Waals surface area contributed by atoms with Crippen molar-refractivity contribution in [2.45, 2.75) is 44.6 Å². The third kappa shape index (κ3) is 3.02. The van der Waals surface area contributed by atoms with E-state index in [1.54, 1.807) is 6.33 Å². The lowest BCUT2D eigenvalue weighted by Crippen LogP contribution is -2.17. The van der Waals surface area contributed by atoms with Gasteiger partial charge in [0.05, 0.1) is 23.7 Å². The number of carbonyl (C=O) groups is 1. The number of benzene rings is 1. The minimum Gasteiger partial charge on any atom is -0.293 e. The highest BCUT2D eigenvalue weighted by atomic mass is 16.1. The quantitative estimate of drug-likeness (QED) is 0.772. The largest absolute Gasteiger partial charge is 0.293 e. The second kappa shape index (κ2) is 6.43. The molecule has 7 nitrogen and oxygen atoms in total. The first-order valence-electron chi connectivity index (χ1n) is 8.42. The van der Waals surface area contributed by atoms with Gasteiger partial charge in [-0.05, 0) is 18.9 Å². The molecule has 1 aromatic carbocycles. The summed E-state index contributed by atoms with van der Waals surface area (Å²) in [5.41, 5.74) is 1.66. The molecule has 24 heavy (non-hydrogen) atoms. The number of aromatic nitrogens is 5. The van der Waals surface area contributed by atoms with Crippen molar-refractivity contribution in [3.05, 3.63) is 36.3 Å². The Hall–Kier alpha value is -2.70. The lowest BCUT2D eigenvalue weighted by atomic mass is 9.96. The molecule has 0 atom stereocenters. The summed E-state index contributed by atoms with van der Waals surface area (Å²) in [5, 5.41) is 15.3. The number of amides is 1. The molecule has 0 aliphatic heterocycles. The van der Waals surface area contributed by atoms with Crippen molar-refractivity contribution < 1.29 is 4.79 Å². The van der Waals surface area contributed by atoms with Crippen molar-refractivity contribution in [1.82, 2.24) is 25.0 Å². The van der Waals surface area contributed by atoms with Crippen LogP contribution in [0.25, 0.3) is 10.9 Å². The van der Waals surface area contributed by atoms with Gasteiger partial charge >= 0.3 is 0 Å². The number of hydrogen-bond donors (Lipinski definition) is 2. The Morgan fingerprint density at radius 1 is 1.25 bits per heavy atom. The molecular weight excluding hydrogens is 304 g/mol. The van der Waals surface area contributed by atoms with Gasteiger partial charge in [-0.3, -0.25) is 15.2 Å². The van der Waals surface area contributed by atoms with E-state index in [0.717, 1.165) is 29.4 Å². The molecule has 7 heteroatoms. The van der Waals surface area contributed by atoms with Crippen molar-refractivity contribution in [2.24, 2.45) is 0 Å². The zero-order valence-electron chi connectivity index (χ0n) is 13.4. The fraction of sp³-hybridized carbons (Fsp3) is 0.412. The van der Waals surface area contributed by atoms with Crippen LogP contribution in [0.1, 0.15) is 43.8 Å². The highest BCUT2D eigenvalue weighted by Gasteiger charge is 2.17. The zero-order chi connectivity index (χ0) is 16.4. The normalized spacial score (nSPS) is 15.7. The lowest BCUT2D eigenvalue weighted by Gasteiger charge is -2.21. The summed E-state index contributed by atoms with van der Waals surface area (Å²) in [6, 6.07) is 8.15. The highest BCUT2D eigenvalue weighted by molar-refractivity contribution is 5.93. The lowest BCUT2D eigenvalue weighted by molar-refractivity contribution is -0.115. The van der Waals surface area contributed by atoms with Crippen LogP contribution in [-0.2, 0) is 11.2 Å². The molecule has 0 radical (unpaired) electrons. The number of carbonyl (C=O) groups excluding carboxylic acids is 1. The third-order valence-corrected chi connectivity index (χ3v) is 4.59. The van der Waals surface area contributed by atoms with Gasteiger partial charge in [0, 0.05) is 5.39 Å². The van der Waals surface area contributed by atoms with Crippen LogP contribution >= 0.6 is 0 Å². The number of anilines is 1. The second-order valence-electron chi connectivity index (χ2n) is 6.28. The Labute approximate surface area is 139 Å². The average Bonchev–Trinajstić information content (AvgIpc) is 3.23. The van der Waals surface area contributed by atoms with Gasteiger partial charge in [-0.15, -0.1) is 5.10 Å². The van der Waals surface area contributed by atoms with Crippen molar-refractivity contribution in [1.29, 1.82) is 0 Å². The van der Waals surface area contributed by atoms with Crippen LogP contribution in [0.5, 0.6) is 0 Å². The standard InChI is InChI=1S/C17H20N6O/c24-16(10-15-13-8-4-5-9-14(13)20-21-15)19-17-18-11-23(22-17)12-6-2-1-3-7-12/h4-5,8-9,11-12H,1-3,6-7,10H2,(H,20,21)(H,19,22,24). The zero-order valence-corrected chi connectivity index (χ0v) is 13.4. The van der Waals surface area contributed by atoms with Gasteiger partial charge < -0.3 is 0 Å². The molecule has 2 N–H and O–H groups in total. The van der Waals surface area contributed by atoms with Crippen molar-refractivity contribution in [3.8, 4) is 0 Å². The molecule has 4 rings (SSSR count). The van der Waals surface area contributed by atoms with E-state index in [2.05, 4.69) is 25.6 Å². The number of aromatic amines is 1. The topological polar surface area (TPSA) is 88.5 Å². The van der Waals surface area contributed by atoms with Gasteiger partial charge in [0.1, 0.15) is 6.33 Å². The summed E-state index contributed by atoms with van der Waals surface area (Å²) >= 11 is 0. The van der Waals surface area contributed by atoms with E-state index in [0.29, 0.717) is 12.0 Å². The summed E-state index contributed by atoms with van der Waals surface area (Å²) in [6.07, 6.45) is 7.98. The maximum atomic E-state index is 12.3. The van der Waals surface area contributed by atoms with Crippen LogP contribution < -0.4 is 5.32 Å². The van der Waals surface area contributed by atoms with Gasteiger partial charge in [0.25, 0.3) is 0 Å². The SMILES string of the molecule is O=C(Cc1[nH]nc2ccccc12)Nc1ncn(C2CCCCC2)n1. The molecule has 0 spiro atoms. The predicted molar refractivity (Wildman–Crippen MR) is 90.6 cm³/mol. The third-order valence-electron chi connectivity index (χ3n) is 4.59. The molecule has 3 aromatic rings. The van der Waals surface area contributed by atoms with Crippen molar-refractivity contribution in [3.63, 3.8) is 0 Å². The van der Waals surface area contributed by atoms with E-state index in [-0.39, 0.29) is 12.3 Å². The van der Waals surface area contributed by atoms with Crippen molar-refractivity contribution in [2.75, 3.05) is 5.32 Å². The van der Waals surface area contributed by atoms with Crippen LogP contribution in [0.15, 0.2) is 30.6 Å². The minimum absolute atomic E-state index is 0.147. The van der Waals surface area contributed by atoms with E-state index < -0.39 is 0 Å². The molecule has 2 heterocycles. The van der Waals surface area contributed by atoms with Gasteiger partial charge in [-0.2, -0.15) is 5.10 Å². The Morgan fingerprint density at radius 2 is 2.08 bits per heavy atom. The molecule has 0 saturated heterocycles. The number of H-pyrrole nitrogens is 1. The monoisotopic (exact) mass is 324 g/mol. The van der Waals surface area contributed by atoms with Crippen LogP contribution in [0.2, 0.25) is 0 Å². The van der Waals surface area contributed by atoms with Crippen LogP contribution in [0.4, 0.5) is 5.95 Å². The van der Waals surface area contributed by atoms with Crippen LogP contribution in [-0.4, -0.2) is 30.9 Å². The predicted octanol–water partition coefficient (Wildman–Crippen LogP) is 2.84. The number of rotatable bonds is 4. The summed E-state index contributed by atoms with van der Waals surface area (Å²) in [5.74, 6) is 0.222. The summed E-state index contributed by atoms with van der Waals surface area (Å²) < 4.78 is 1.89. The Kier molecular flexibility index (Phi) is 3.98. The number of nitrogens with one attached hydrogen (secondary N) is 2. The van der Waals surface area contributed by atoms with Gasteiger partial charge in [0.15, 0.2) is 0 Å². The summed E-state index contributed by atoms with van der Waals surface area (Å²) in [4.78, 5) is 16.5. The molecular formula is C17H20N6O. The average molecular weight is 324 g/mol.